The lowest BCUT2D eigenvalue weighted by Crippen LogP contribution is -2.48. The lowest BCUT2D eigenvalue weighted by Gasteiger charge is -2.19. The van der Waals surface area contributed by atoms with Gasteiger partial charge >= 0.3 is 0 Å². The van der Waals surface area contributed by atoms with Crippen molar-refractivity contribution in [1.29, 1.82) is 0 Å². The second kappa shape index (κ2) is 22.1. The number of aliphatic hydroxyl groups is 1. The first kappa shape index (κ1) is 34.8. The van der Waals surface area contributed by atoms with Gasteiger partial charge in [0.05, 0.1) is 0 Å². The molecule has 0 bridgehead atoms. The van der Waals surface area contributed by atoms with Crippen molar-refractivity contribution in [2.45, 2.75) is 64.8 Å². The van der Waals surface area contributed by atoms with E-state index >= 15 is 0 Å². The number of carbonyl (C=O) groups is 3. The van der Waals surface area contributed by atoms with Gasteiger partial charge in [-0.3, -0.25) is 14.6 Å². The van der Waals surface area contributed by atoms with Crippen LogP contribution in [0.15, 0.2) is 30.4 Å². The van der Waals surface area contributed by atoms with Gasteiger partial charge in [0.25, 0.3) is 0 Å². The molecule has 2 amide bonds. The zero-order valence-corrected chi connectivity index (χ0v) is 22.4. The molecule has 1 aromatic rings. The monoisotopic (exact) mass is 506 g/mol. The summed E-state index contributed by atoms with van der Waals surface area (Å²) in [7, 11) is 2.96. The molecule has 204 valence electrons. The number of nitrogens with one attached hydrogen (secondary N) is 2. The first-order chi connectivity index (χ1) is 17.3. The Balaban J connectivity index is 0. The van der Waals surface area contributed by atoms with E-state index in [4.69, 9.17) is 16.6 Å². The number of nitrogens with zero attached hydrogens (tertiary/aromatic N) is 2. The summed E-state index contributed by atoms with van der Waals surface area (Å²) >= 11 is 0. The summed E-state index contributed by atoms with van der Waals surface area (Å²) in [6, 6.07) is -0.702. The van der Waals surface area contributed by atoms with Gasteiger partial charge in [-0.1, -0.05) is 19.1 Å². The summed E-state index contributed by atoms with van der Waals surface area (Å²) in [5.41, 5.74) is 13.8. The summed E-state index contributed by atoms with van der Waals surface area (Å²) in [5, 5.41) is 12.8. The van der Waals surface area contributed by atoms with E-state index in [2.05, 4.69) is 47.9 Å². The second-order valence-electron chi connectivity index (χ2n) is 7.76. The number of aromatic nitrogens is 1. The summed E-state index contributed by atoms with van der Waals surface area (Å²) in [6.07, 6.45) is 10.7. The Morgan fingerprint density at radius 2 is 1.89 bits per heavy atom. The maximum atomic E-state index is 12.9. The Bertz CT molecular complexity index is 829. The predicted octanol–water partition coefficient (Wildman–Crippen LogP) is 1.73. The van der Waals surface area contributed by atoms with Crippen molar-refractivity contribution in [2.24, 2.45) is 23.5 Å². The number of aryl methyl sites for hydroxylation is 1. The SMILES string of the molecule is C=C.CC/C=C\c1c(CC(NC(=O)CCCC=O)C(=O)NCCCCN=C(N)N)cn(C)c1C.CO. The molecule has 7 N–H and O–H groups in total. The van der Waals surface area contributed by atoms with Gasteiger partial charge in [-0.2, -0.15) is 0 Å². The van der Waals surface area contributed by atoms with Gasteiger partial charge in [0.2, 0.25) is 11.8 Å². The van der Waals surface area contributed by atoms with E-state index in [1.807, 2.05) is 24.7 Å². The molecule has 1 aromatic heterocycles. The van der Waals surface area contributed by atoms with Gasteiger partial charge in [0, 0.05) is 58.4 Å². The van der Waals surface area contributed by atoms with Crippen LogP contribution in [0.2, 0.25) is 0 Å². The summed E-state index contributed by atoms with van der Waals surface area (Å²) < 4.78 is 2.02. The van der Waals surface area contributed by atoms with Crippen LogP contribution < -0.4 is 22.1 Å². The molecule has 1 atom stereocenters. The molecule has 0 aromatic carbocycles. The second-order valence-corrected chi connectivity index (χ2v) is 7.76. The van der Waals surface area contributed by atoms with Crippen molar-refractivity contribution in [2.75, 3.05) is 20.2 Å². The van der Waals surface area contributed by atoms with Crippen molar-refractivity contribution >= 4 is 30.1 Å². The molecule has 0 saturated heterocycles. The molecule has 0 radical (unpaired) electrons. The van der Waals surface area contributed by atoms with Crippen molar-refractivity contribution in [3.8, 4) is 0 Å². The molecule has 0 aliphatic heterocycles. The van der Waals surface area contributed by atoms with E-state index in [1.165, 1.54) is 0 Å². The Hall–Kier alpha value is -3.40. The molecule has 0 saturated carbocycles. The average Bonchev–Trinajstić information content (AvgIpc) is 3.13. The lowest BCUT2D eigenvalue weighted by molar-refractivity contribution is -0.129. The van der Waals surface area contributed by atoms with Gasteiger partial charge in [-0.05, 0) is 43.7 Å². The van der Waals surface area contributed by atoms with Gasteiger partial charge in [-0.15, -0.1) is 13.2 Å². The predicted molar refractivity (Wildman–Crippen MR) is 147 cm³/mol. The van der Waals surface area contributed by atoms with Gasteiger partial charge in [-0.25, -0.2) is 0 Å². The number of nitrogens with two attached hydrogens (primary N) is 2. The smallest absolute Gasteiger partial charge is 0.242 e. The Morgan fingerprint density at radius 1 is 1.22 bits per heavy atom. The number of carbonyl (C=O) groups excluding carboxylic acids is 3. The molecular weight excluding hydrogens is 460 g/mol. The number of hydrogen-bond acceptors (Lipinski definition) is 5. The van der Waals surface area contributed by atoms with Crippen LogP contribution >= 0.6 is 0 Å². The molecular formula is C26H46N6O4. The molecule has 1 heterocycles. The molecule has 0 aliphatic rings. The highest BCUT2D eigenvalue weighted by Gasteiger charge is 2.23. The zero-order chi connectivity index (χ0) is 27.9. The van der Waals surface area contributed by atoms with Crippen LogP contribution in [0.5, 0.6) is 0 Å². The third kappa shape index (κ3) is 14.8. The number of guanidine groups is 1. The Morgan fingerprint density at radius 3 is 2.47 bits per heavy atom. The fourth-order valence-corrected chi connectivity index (χ4v) is 3.27. The molecule has 0 fully saturated rings. The molecule has 1 unspecified atom stereocenters. The third-order valence-electron chi connectivity index (χ3n) is 5.11. The van der Waals surface area contributed by atoms with E-state index < -0.39 is 6.04 Å². The molecule has 36 heavy (non-hydrogen) atoms. The van der Waals surface area contributed by atoms with Gasteiger partial charge < -0.3 is 36.6 Å². The fourth-order valence-electron chi connectivity index (χ4n) is 3.27. The highest BCUT2D eigenvalue weighted by atomic mass is 16.2. The quantitative estimate of drug-likeness (QED) is 0.0799. The van der Waals surface area contributed by atoms with E-state index in [0.29, 0.717) is 32.4 Å². The molecule has 10 heteroatoms. The first-order valence-electron chi connectivity index (χ1n) is 12.1. The van der Waals surface area contributed by atoms with Crippen LogP contribution in [0, 0.1) is 6.92 Å². The van der Waals surface area contributed by atoms with Crippen LogP contribution in [0.25, 0.3) is 6.08 Å². The molecule has 10 nitrogen and oxygen atoms in total. The minimum atomic E-state index is -0.702. The van der Waals surface area contributed by atoms with Crippen molar-refractivity contribution in [1.82, 2.24) is 15.2 Å². The average molecular weight is 507 g/mol. The van der Waals surface area contributed by atoms with Crippen LogP contribution in [0.1, 0.15) is 62.3 Å². The Kier molecular flexibility index (Phi) is 21.3. The molecule has 0 spiro atoms. The maximum absolute atomic E-state index is 12.9. The van der Waals surface area contributed by atoms with Gasteiger partial charge in [0.15, 0.2) is 5.96 Å². The van der Waals surface area contributed by atoms with Crippen LogP contribution in [-0.2, 0) is 27.9 Å². The third-order valence-corrected chi connectivity index (χ3v) is 5.11. The topological polar surface area (TPSA) is 165 Å². The number of aliphatic imine (C=N–C) groups is 1. The fraction of sp³-hybridized carbons (Fsp3) is 0.538. The maximum Gasteiger partial charge on any atom is 0.242 e. The van der Waals surface area contributed by atoms with Crippen LogP contribution in [-0.4, -0.2) is 60.0 Å². The Labute approximate surface area is 215 Å². The van der Waals surface area contributed by atoms with E-state index in [9.17, 15) is 14.4 Å². The summed E-state index contributed by atoms with van der Waals surface area (Å²) in [4.78, 5) is 39.7. The van der Waals surface area contributed by atoms with E-state index in [0.717, 1.165) is 49.5 Å². The minimum absolute atomic E-state index is 0.0532. The standard InChI is InChI=1S/C23H38N6O3.C2H4.CH4O/c1-4-5-10-19-17(2)29(3)16-18(19)15-20(28-21(31)11-6-9-14-30)22(32)26-12-7-8-13-27-23(24)25;2*1-2/h5,10,14,16,20H,4,6-9,11-13,15H2,1-3H3,(H,26,32)(H,28,31)(H4,24,25,27);1-2H2;2H,1H3/b10-5-;;. The van der Waals surface area contributed by atoms with Gasteiger partial charge in [0.1, 0.15) is 12.3 Å². The largest absolute Gasteiger partial charge is 0.400 e. The van der Waals surface area contributed by atoms with Crippen molar-refractivity contribution in [3.63, 3.8) is 0 Å². The highest BCUT2D eigenvalue weighted by molar-refractivity contribution is 5.88. The number of aldehydes is 1. The number of aliphatic hydroxyl groups excluding tert-OH is 1. The number of hydrogen-bond donors (Lipinski definition) is 5. The summed E-state index contributed by atoms with van der Waals surface area (Å²) in [5.74, 6) is -0.418. The zero-order valence-electron chi connectivity index (χ0n) is 22.4. The molecule has 0 aliphatic carbocycles. The lowest BCUT2D eigenvalue weighted by atomic mass is 10.0. The number of allylic oxidation sites excluding steroid dienone is 1. The van der Waals surface area contributed by atoms with Crippen molar-refractivity contribution in [3.05, 3.63) is 42.3 Å². The number of amides is 2. The summed E-state index contributed by atoms with van der Waals surface area (Å²) in [6.45, 7) is 11.1. The van der Waals surface area contributed by atoms with Crippen LogP contribution in [0.4, 0.5) is 0 Å². The highest BCUT2D eigenvalue weighted by Crippen LogP contribution is 2.20. The van der Waals surface area contributed by atoms with Crippen molar-refractivity contribution < 1.29 is 19.5 Å². The van der Waals surface area contributed by atoms with E-state index in [-0.39, 0.29) is 24.2 Å². The minimum Gasteiger partial charge on any atom is -0.400 e. The first-order valence-corrected chi connectivity index (χ1v) is 12.1. The van der Waals surface area contributed by atoms with E-state index in [1.54, 1.807) is 0 Å². The normalized spacial score (nSPS) is 10.8. The number of unbranched alkanes of at least 4 members (excludes halogenated alkanes) is 2. The molecule has 1 rings (SSSR count). The number of rotatable bonds is 15. The van der Waals surface area contributed by atoms with Crippen LogP contribution in [0.3, 0.4) is 0 Å².